The van der Waals surface area contributed by atoms with Crippen LogP contribution in [-0.4, -0.2) is 46.5 Å². The number of nitrogens with one attached hydrogen (secondary N) is 1. The van der Waals surface area contributed by atoms with E-state index in [9.17, 15) is 4.79 Å². The Labute approximate surface area is 121 Å². The predicted molar refractivity (Wildman–Crippen MR) is 78.5 cm³/mol. The monoisotopic (exact) mass is 282 g/mol. The summed E-state index contributed by atoms with van der Waals surface area (Å²) in [6.45, 7) is 10.6. The molecule has 0 spiro atoms. The van der Waals surface area contributed by atoms with Gasteiger partial charge >= 0.3 is 6.09 Å². The predicted octanol–water partition coefficient (Wildman–Crippen LogP) is 1.86. The second-order valence-corrected chi connectivity index (χ2v) is 5.72. The van der Waals surface area contributed by atoms with E-state index in [-0.39, 0.29) is 6.09 Å². The van der Waals surface area contributed by atoms with E-state index in [0.717, 1.165) is 18.8 Å². The Kier molecular flexibility index (Phi) is 6.01. The number of carbonyl (C=O) groups excluding carboxylic acids is 1. The van der Waals surface area contributed by atoms with Crippen LogP contribution in [0.3, 0.4) is 0 Å². The quantitative estimate of drug-likeness (QED) is 0.809. The highest BCUT2D eigenvalue weighted by Gasteiger charge is 2.19. The number of hydrogen-bond acceptors (Lipinski definition) is 4. The molecule has 0 saturated heterocycles. The molecule has 0 aliphatic heterocycles. The molecule has 0 bridgehead atoms. The molecule has 1 aromatic heterocycles. The van der Waals surface area contributed by atoms with Crippen LogP contribution in [0.1, 0.15) is 33.4 Å². The Balaban J connectivity index is 2.25. The van der Waals surface area contributed by atoms with Gasteiger partial charge in [0.05, 0.1) is 5.69 Å². The van der Waals surface area contributed by atoms with E-state index in [1.165, 1.54) is 0 Å². The molecule has 1 amide bonds. The number of rotatable bonds is 6. The number of nitrogens with zero attached hydrogens (tertiary/aromatic N) is 3. The number of amides is 1. The van der Waals surface area contributed by atoms with Crippen LogP contribution < -0.4 is 5.32 Å². The van der Waals surface area contributed by atoms with Crippen LogP contribution >= 0.6 is 0 Å². The smallest absolute Gasteiger partial charge is 0.410 e. The second kappa shape index (κ2) is 7.28. The summed E-state index contributed by atoms with van der Waals surface area (Å²) in [5, 5.41) is 7.51. The normalized spacial score (nSPS) is 11.4. The van der Waals surface area contributed by atoms with Crippen LogP contribution in [0.5, 0.6) is 0 Å². The molecule has 0 aliphatic rings. The van der Waals surface area contributed by atoms with Gasteiger partial charge in [-0.3, -0.25) is 4.68 Å². The van der Waals surface area contributed by atoms with Crippen molar-refractivity contribution in [2.24, 2.45) is 0 Å². The largest absolute Gasteiger partial charge is 0.444 e. The summed E-state index contributed by atoms with van der Waals surface area (Å²) in [5.41, 5.74) is 0.694. The number of aromatic nitrogens is 2. The lowest BCUT2D eigenvalue weighted by atomic mass is 10.2. The first kappa shape index (κ1) is 16.5. The van der Waals surface area contributed by atoms with E-state index in [1.807, 2.05) is 31.5 Å². The van der Waals surface area contributed by atoms with Crippen molar-refractivity contribution in [3.63, 3.8) is 0 Å². The summed E-state index contributed by atoms with van der Waals surface area (Å²) in [5.74, 6) is 0. The van der Waals surface area contributed by atoms with Gasteiger partial charge in [-0.15, -0.1) is 0 Å². The molecule has 1 heterocycles. The fourth-order valence-corrected chi connectivity index (χ4v) is 1.69. The zero-order valence-electron chi connectivity index (χ0n) is 13.1. The molecule has 0 aliphatic carbocycles. The van der Waals surface area contributed by atoms with E-state index >= 15 is 0 Å². The van der Waals surface area contributed by atoms with Crippen LogP contribution in [0.15, 0.2) is 12.3 Å². The summed E-state index contributed by atoms with van der Waals surface area (Å²) in [4.78, 5) is 13.3. The number of likely N-dealkylation sites (N-methyl/N-ethyl adjacent to an activating group) is 1. The summed E-state index contributed by atoms with van der Waals surface area (Å²) in [6, 6.07) is 1.99. The minimum absolute atomic E-state index is 0.294. The molecule has 0 saturated carbocycles. The fraction of sp³-hybridized carbons (Fsp3) is 0.714. The Morgan fingerprint density at radius 1 is 1.50 bits per heavy atom. The van der Waals surface area contributed by atoms with E-state index in [1.54, 1.807) is 18.1 Å². The van der Waals surface area contributed by atoms with E-state index in [0.29, 0.717) is 13.1 Å². The molecule has 1 N–H and O–H groups in total. The Bertz CT molecular complexity index is 423. The first-order chi connectivity index (χ1) is 9.33. The van der Waals surface area contributed by atoms with Crippen LogP contribution in [0.2, 0.25) is 0 Å². The Morgan fingerprint density at radius 2 is 2.20 bits per heavy atom. The average Bonchev–Trinajstić information content (AvgIpc) is 2.79. The van der Waals surface area contributed by atoms with E-state index < -0.39 is 5.60 Å². The Hall–Kier alpha value is -1.56. The van der Waals surface area contributed by atoms with Gasteiger partial charge in [0.25, 0.3) is 0 Å². The van der Waals surface area contributed by atoms with Gasteiger partial charge in [-0.2, -0.15) is 5.10 Å². The molecule has 0 radical (unpaired) electrons. The van der Waals surface area contributed by atoms with Crippen molar-refractivity contribution in [2.45, 2.75) is 46.4 Å². The molecule has 1 rings (SSSR count). The number of aryl methyl sites for hydroxylation is 1. The van der Waals surface area contributed by atoms with E-state index in [4.69, 9.17) is 4.74 Å². The number of hydrogen-bond donors (Lipinski definition) is 1. The van der Waals surface area contributed by atoms with Crippen molar-refractivity contribution in [2.75, 3.05) is 20.1 Å². The maximum absolute atomic E-state index is 11.7. The minimum atomic E-state index is -0.452. The second-order valence-electron chi connectivity index (χ2n) is 5.72. The maximum Gasteiger partial charge on any atom is 0.410 e. The molecule has 0 fully saturated rings. The lowest BCUT2D eigenvalue weighted by molar-refractivity contribution is 0.0300. The van der Waals surface area contributed by atoms with Crippen molar-refractivity contribution in [3.8, 4) is 0 Å². The third-order valence-corrected chi connectivity index (χ3v) is 2.74. The lowest BCUT2D eigenvalue weighted by Gasteiger charge is -2.24. The topological polar surface area (TPSA) is 59.4 Å². The third kappa shape index (κ3) is 5.61. The zero-order valence-corrected chi connectivity index (χ0v) is 13.1. The highest BCUT2D eigenvalue weighted by Crippen LogP contribution is 2.08. The first-order valence-corrected chi connectivity index (χ1v) is 6.99. The van der Waals surface area contributed by atoms with Gasteiger partial charge in [-0.25, -0.2) is 4.79 Å². The van der Waals surface area contributed by atoms with Gasteiger partial charge in [-0.05, 0) is 33.8 Å². The standard InChI is InChI=1S/C14H26N4O2/c1-6-18-12(7-8-16-18)11-15-9-10-17(5)13(19)20-14(2,3)4/h7-8,15H,6,9-11H2,1-5H3. The molecular weight excluding hydrogens is 256 g/mol. The van der Waals surface area contributed by atoms with Gasteiger partial charge < -0.3 is 15.0 Å². The van der Waals surface area contributed by atoms with Crippen molar-refractivity contribution < 1.29 is 9.53 Å². The van der Waals surface area contributed by atoms with Crippen LogP contribution in [0.25, 0.3) is 0 Å². The fourth-order valence-electron chi connectivity index (χ4n) is 1.69. The maximum atomic E-state index is 11.7. The van der Waals surface area contributed by atoms with Gasteiger partial charge in [0.15, 0.2) is 0 Å². The van der Waals surface area contributed by atoms with Gasteiger partial charge in [0, 0.05) is 39.4 Å². The summed E-state index contributed by atoms with van der Waals surface area (Å²) in [7, 11) is 1.74. The van der Waals surface area contributed by atoms with Gasteiger partial charge in [0.1, 0.15) is 5.60 Å². The molecule has 0 unspecified atom stereocenters. The SMILES string of the molecule is CCn1nccc1CNCCN(C)C(=O)OC(C)(C)C. The summed E-state index contributed by atoms with van der Waals surface area (Å²) in [6.07, 6.45) is 1.51. The average molecular weight is 282 g/mol. The highest BCUT2D eigenvalue weighted by molar-refractivity contribution is 5.67. The molecule has 6 nitrogen and oxygen atoms in total. The Morgan fingerprint density at radius 3 is 2.80 bits per heavy atom. The van der Waals surface area contributed by atoms with Gasteiger partial charge in [-0.1, -0.05) is 0 Å². The number of carbonyl (C=O) groups is 1. The molecule has 0 aromatic carbocycles. The third-order valence-electron chi connectivity index (χ3n) is 2.74. The summed E-state index contributed by atoms with van der Waals surface area (Å²) < 4.78 is 7.23. The molecule has 0 atom stereocenters. The zero-order chi connectivity index (χ0) is 15.2. The van der Waals surface area contributed by atoms with Crippen molar-refractivity contribution in [1.82, 2.24) is 20.0 Å². The van der Waals surface area contributed by atoms with Gasteiger partial charge in [0.2, 0.25) is 0 Å². The first-order valence-electron chi connectivity index (χ1n) is 6.99. The molecule has 20 heavy (non-hydrogen) atoms. The van der Waals surface area contributed by atoms with Crippen molar-refractivity contribution in [1.29, 1.82) is 0 Å². The molecule has 6 heteroatoms. The molecule has 114 valence electrons. The lowest BCUT2D eigenvalue weighted by Crippen LogP contribution is -2.38. The van der Waals surface area contributed by atoms with Crippen LogP contribution in [-0.2, 0) is 17.8 Å². The van der Waals surface area contributed by atoms with Crippen molar-refractivity contribution in [3.05, 3.63) is 18.0 Å². The molecular formula is C14H26N4O2. The van der Waals surface area contributed by atoms with Crippen LogP contribution in [0, 0.1) is 0 Å². The number of ether oxygens (including phenoxy) is 1. The summed E-state index contributed by atoms with van der Waals surface area (Å²) >= 11 is 0. The molecule has 1 aromatic rings. The minimum Gasteiger partial charge on any atom is -0.444 e. The van der Waals surface area contributed by atoms with Crippen molar-refractivity contribution >= 4 is 6.09 Å². The van der Waals surface area contributed by atoms with Crippen LogP contribution in [0.4, 0.5) is 4.79 Å². The highest BCUT2D eigenvalue weighted by atomic mass is 16.6. The van der Waals surface area contributed by atoms with E-state index in [2.05, 4.69) is 17.3 Å².